The topological polar surface area (TPSA) is 38.3 Å². The molecule has 0 saturated heterocycles. The van der Waals surface area contributed by atoms with Crippen LogP contribution < -0.4 is 10.1 Å². The van der Waals surface area contributed by atoms with Crippen LogP contribution in [0.15, 0.2) is 48.5 Å². The Morgan fingerprint density at radius 3 is 2.55 bits per heavy atom. The predicted molar refractivity (Wildman–Crippen MR) is 84.4 cm³/mol. The third-order valence-corrected chi connectivity index (χ3v) is 3.39. The van der Waals surface area contributed by atoms with Gasteiger partial charge in [0.25, 0.3) is 5.91 Å². The molecule has 0 bridgehead atoms. The summed E-state index contributed by atoms with van der Waals surface area (Å²) in [6.07, 6.45) is 0.0950. The number of aryl methyl sites for hydroxylation is 1. The largest absolute Gasteiger partial charge is 0.481 e. The first-order valence-electron chi connectivity index (χ1n) is 7.30. The lowest BCUT2D eigenvalue weighted by Crippen LogP contribution is -2.37. The van der Waals surface area contributed by atoms with E-state index in [4.69, 9.17) is 4.74 Å². The minimum absolute atomic E-state index is 0.162. The molecule has 0 radical (unpaired) electrons. The zero-order valence-electron chi connectivity index (χ0n) is 12.8. The summed E-state index contributed by atoms with van der Waals surface area (Å²) < 4.78 is 18.5. The van der Waals surface area contributed by atoms with Crippen molar-refractivity contribution >= 4 is 5.91 Å². The first kappa shape index (κ1) is 16.0. The molecule has 1 N–H and O–H groups in total. The van der Waals surface area contributed by atoms with Crippen molar-refractivity contribution < 1.29 is 13.9 Å². The second-order valence-corrected chi connectivity index (χ2v) is 5.19. The lowest BCUT2D eigenvalue weighted by atomic mass is 10.1. The van der Waals surface area contributed by atoms with E-state index in [1.165, 1.54) is 12.1 Å². The van der Waals surface area contributed by atoms with E-state index in [2.05, 4.69) is 5.32 Å². The van der Waals surface area contributed by atoms with Crippen molar-refractivity contribution in [3.8, 4) is 5.75 Å². The van der Waals surface area contributed by atoms with Crippen LogP contribution in [0.5, 0.6) is 5.75 Å². The molecule has 1 atom stereocenters. The summed E-state index contributed by atoms with van der Waals surface area (Å²) in [5, 5.41) is 2.83. The molecule has 0 aliphatic rings. The summed E-state index contributed by atoms with van der Waals surface area (Å²) in [4.78, 5) is 12.0. The molecule has 0 aliphatic heterocycles. The standard InChI is InChI=1S/C18H20FNO2/c1-13-5-3-4-6-17(13)22-14(2)18(21)20-12-11-15-7-9-16(19)10-8-15/h3-10,14H,11-12H2,1-2H3,(H,20,21)/t14-/m0/s1. The van der Waals surface area contributed by atoms with Gasteiger partial charge in [0, 0.05) is 6.54 Å². The molecule has 0 fully saturated rings. The monoisotopic (exact) mass is 301 g/mol. The molecule has 0 unspecified atom stereocenters. The smallest absolute Gasteiger partial charge is 0.260 e. The van der Waals surface area contributed by atoms with Gasteiger partial charge in [-0.3, -0.25) is 4.79 Å². The highest BCUT2D eigenvalue weighted by molar-refractivity contribution is 5.80. The van der Waals surface area contributed by atoms with Crippen LogP contribution >= 0.6 is 0 Å². The van der Waals surface area contributed by atoms with Gasteiger partial charge in [-0.2, -0.15) is 0 Å². The SMILES string of the molecule is Cc1ccccc1O[C@@H](C)C(=O)NCCc1ccc(F)cc1. The van der Waals surface area contributed by atoms with Crippen LogP contribution in [0.2, 0.25) is 0 Å². The van der Waals surface area contributed by atoms with E-state index in [-0.39, 0.29) is 11.7 Å². The van der Waals surface area contributed by atoms with Gasteiger partial charge < -0.3 is 10.1 Å². The third-order valence-electron chi connectivity index (χ3n) is 3.39. The van der Waals surface area contributed by atoms with Crippen molar-refractivity contribution in [3.63, 3.8) is 0 Å². The highest BCUT2D eigenvalue weighted by Gasteiger charge is 2.14. The Morgan fingerprint density at radius 1 is 1.18 bits per heavy atom. The molecule has 0 spiro atoms. The Kier molecular flexibility index (Phi) is 5.53. The molecule has 3 nitrogen and oxygen atoms in total. The van der Waals surface area contributed by atoms with E-state index in [1.54, 1.807) is 19.1 Å². The highest BCUT2D eigenvalue weighted by atomic mass is 19.1. The van der Waals surface area contributed by atoms with Crippen molar-refractivity contribution in [2.75, 3.05) is 6.54 Å². The second-order valence-electron chi connectivity index (χ2n) is 5.19. The van der Waals surface area contributed by atoms with E-state index in [0.717, 1.165) is 11.1 Å². The lowest BCUT2D eigenvalue weighted by molar-refractivity contribution is -0.127. The number of amides is 1. The summed E-state index contributed by atoms with van der Waals surface area (Å²) in [7, 11) is 0. The van der Waals surface area contributed by atoms with Gasteiger partial charge in [0.2, 0.25) is 0 Å². The highest BCUT2D eigenvalue weighted by Crippen LogP contribution is 2.17. The zero-order chi connectivity index (χ0) is 15.9. The number of halogens is 1. The molecule has 0 saturated carbocycles. The van der Waals surface area contributed by atoms with E-state index < -0.39 is 6.10 Å². The van der Waals surface area contributed by atoms with Gasteiger partial charge >= 0.3 is 0 Å². The average Bonchev–Trinajstić information content (AvgIpc) is 2.51. The van der Waals surface area contributed by atoms with Crippen molar-refractivity contribution in [2.45, 2.75) is 26.4 Å². The quantitative estimate of drug-likeness (QED) is 0.889. The number of carbonyl (C=O) groups excluding carboxylic acids is 1. The number of benzene rings is 2. The lowest BCUT2D eigenvalue weighted by Gasteiger charge is -2.16. The van der Waals surface area contributed by atoms with Crippen LogP contribution in [0.1, 0.15) is 18.1 Å². The fourth-order valence-corrected chi connectivity index (χ4v) is 2.06. The van der Waals surface area contributed by atoms with Crippen LogP contribution in [0.4, 0.5) is 4.39 Å². The van der Waals surface area contributed by atoms with Gasteiger partial charge in [0.05, 0.1) is 0 Å². The average molecular weight is 301 g/mol. The van der Waals surface area contributed by atoms with Crippen LogP contribution in [0.3, 0.4) is 0 Å². The fourth-order valence-electron chi connectivity index (χ4n) is 2.06. The number of nitrogens with one attached hydrogen (secondary N) is 1. The van der Waals surface area contributed by atoms with Gasteiger partial charge in [-0.25, -0.2) is 4.39 Å². The Morgan fingerprint density at radius 2 is 1.86 bits per heavy atom. The molecule has 0 aliphatic carbocycles. The maximum atomic E-state index is 12.8. The first-order valence-corrected chi connectivity index (χ1v) is 7.30. The minimum Gasteiger partial charge on any atom is -0.481 e. The number of rotatable bonds is 6. The molecule has 4 heteroatoms. The number of carbonyl (C=O) groups is 1. The normalized spacial score (nSPS) is 11.8. The van der Waals surface area contributed by atoms with Crippen LogP contribution in [0.25, 0.3) is 0 Å². The molecule has 22 heavy (non-hydrogen) atoms. The van der Waals surface area contributed by atoms with Gasteiger partial charge in [-0.05, 0) is 49.6 Å². The molecular weight excluding hydrogens is 281 g/mol. The van der Waals surface area contributed by atoms with E-state index in [0.29, 0.717) is 18.7 Å². The Bertz CT molecular complexity index is 625. The Labute approximate surface area is 130 Å². The maximum Gasteiger partial charge on any atom is 0.260 e. The van der Waals surface area contributed by atoms with Crippen LogP contribution in [0, 0.1) is 12.7 Å². The Hall–Kier alpha value is -2.36. The third kappa shape index (κ3) is 4.58. The first-order chi connectivity index (χ1) is 10.6. The zero-order valence-corrected chi connectivity index (χ0v) is 12.8. The van der Waals surface area contributed by atoms with Crippen molar-refractivity contribution in [3.05, 3.63) is 65.5 Å². The van der Waals surface area contributed by atoms with Gasteiger partial charge in [0.1, 0.15) is 11.6 Å². The van der Waals surface area contributed by atoms with Gasteiger partial charge in [-0.15, -0.1) is 0 Å². The molecule has 0 heterocycles. The van der Waals surface area contributed by atoms with Crippen LogP contribution in [-0.4, -0.2) is 18.6 Å². The fraction of sp³-hybridized carbons (Fsp3) is 0.278. The molecule has 1 amide bonds. The summed E-state index contributed by atoms with van der Waals surface area (Å²) in [6, 6.07) is 13.9. The summed E-state index contributed by atoms with van der Waals surface area (Å²) in [5.41, 5.74) is 1.97. The summed E-state index contributed by atoms with van der Waals surface area (Å²) in [6.45, 7) is 4.15. The second kappa shape index (κ2) is 7.59. The van der Waals surface area contributed by atoms with E-state index in [1.807, 2.05) is 31.2 Å². The summed E-state index contributed by atoms with van der Waals surface area (Å²) in [5.74, 6) is 0.294. The molecule has 2 aromatic carbocycles. The molecule has 2 aromatic rings. The molecule has 2 rings (SSSR count). The minimum atomic E-state index is -0.561. The molecule has 116 valence electrons. The van der Waals surface area contributed by atoms with Gasteiger partial charge in [-0.1, -0.05) is 30.3 Å². The van der Waals surface area contributed by atoms with Crippen molar-refractivity contribution in [2.24, 2.45) is 0 Å². The van der Waals surface area contributed by atoms with E-state index >= 15 is 0 Å². The predicted octanol–water partition coefficient (Wildman–Crippen LogP) is 3.26. The van der Waals surface area contributed by atoms with E-state index in [9.17, 15) is 9.18 Å². The Balaban J connectivity index is 1.79. The maximum absolute atomic E-state index is 12.8. The van der Waals surface area contributed by atoms with Crippen molar-refractivity contribution in [1.29, 1.82) is 0 Å². The molecule has 0 aromatic heterocycles. The number of para-hydroxylation sites is 1. The molecular formula is C18H20FNO2. The van der Waals surface area contributed by atoms with Gasteiger partial charge in [0.15, 0.2) is 6.10 Å². The summed E-state index contributed by atoms with van der Waals surface area (Å²) >= 11 is 0. The number of hydrogen-bond donors (Lipinski definition) is 1. The number of ether oxygens (including phenoxy) is 1. The van der Waals surface area contributed by atoms with Crippen LogP contribution in [-0.2, 0) is 11.2 Å². The number of hydrogen-bond acceptors (Lipinski definition) is 2. The van der Waals surface area contributed by atoms with Crippen molar-refractivity contribution in [1.82, 2.24) is 5.32 Å².